The molecule has 0 aromatic carbocycles. The molecule has 7 nitrogen and oxygen atoms in total. The van der Waals surface area contributed by atoms with Crippen LogP contribution in [0.25, 0.3) is 0 Å². The number of rotatable bonds is 6. The van der Waals surface area contributed by atoms with Gasteiger partial charge in [-0.05, 0) is 18.8 Å². The van der Waals surface area contributed by atoms with Gasteiger partial charge >= 0.3 is 0 Å². The molecule has 0 atom stereocenters. The summed E-state index contributed by atoms with van der Waals surface area (Å²) in [5, 5.41) is 11.0. The summed E-state index contributed by atoms with van der Waals surface area (Å²) in [4.78, 5) is 7.03. The minimum Gasteiger partial charge on any atom is -0.379 e. The minimum atomic E-state index is 0.219. The predicted molar refractivity (Wildman–Crippen MR) is 107 cm³/mol. The van der Waals surface area contributed by atoms with Gasteiger partial charge in [-0.2, -0.15) is 0 Å². The molecule has 3 rings (SSSR count). The maximum atomic E-state index is 5.57. The quantitative estimate of drug-likeness (QED) is 0.586. The van der Waals surface area contributed by atoms with Crippen LogP contribution in [0.4, 0.5) is 0 Å². The molecule has 2 heterocycles. The van der Waals surface area contributed by atoms with E-state index in [0.717, 1.165) is 50.3 Å². The Kier molecular flexibility index (Phi) is 7.13. The molecule has 1 aromatic heterocycles. The molecule has 7 heteroatoms. The van der Waals surface area contributed by atoms with Crippen molar-refractivity contribution in [1.82, 2.24) is 20.7 Å². The van der Waals surface area contributed by atoms with Crippen LogP contribution in [0.1, 0.15) is 63.3 Å². The fourth-order valence-corrected chi connectivity index (χ4v) is 4.18. The summed E-state index contributed by atoms with van der Waals surface area (Å²) in [6, 6.07) is 2.02. The van der Waals surface area contributed by atoms with Crippen LogP contribution in [0.5, 0.6) is 0 Å². The molecule has 2 N–H and O–H groups in total. The van der Waals surface area contributed by atoms with E-state index in [4.69, 9.17) is 9.26 Å². The molecule has 0 unspecified atom stereocenters. The molecule has 27 heavy (non-hydrogen) atoms. The average molecular weight is 378 g/mol. The smallest absolute Gasteiger partial charge is 0.191 e. The second kappa shape index (κ2) is 9.55. The highest BCUT2D eigenvalue weighted by molar-refractivity contribution is 5.79. The number of hydrogen-bond acceptors (Lipinski definition) is 5. The summed E-state index contributed by atoms with van der Waals surface area (Å²) >= 11 is 0. The zero-order chi connectivity index (χ0) is 19.1. The van der Waals surface area contributed by atoms with Crippen molar-refractivity contribution in [2.24, 2.45) is 4.99 Å². The van der Waals surface area contributed by atoms with Crippen LogP contribution in [0.3, 0.4) is 0 Å². The molecule has 152 valence electrons. The number of morpholine rings is 1. The minimum absolute atomic E-state index is 0.219. The summed E-state index contributed by atoms with van der Waals surface area (Å²) in [6.07, 6.45) is 6.46. The Balaban J connectivity index is 1.55. The van der Waals surface area contributed by atoms with Crippen LogP contribution in [-0.2, 0) is 11.3 Å². The Labute approximate surface area is 162 Å². The van der Waals surface area contributed by atoms with Crippen LogP contribution in [0, 0.1) is 0 Å². The molecule has 2 aliphatic rings. The first-order chi connectivity index (χ1) is 13.1. The normalized spacial score (nSPS) is 21.4. The highest BCUT2D eigenvalue weighted by atomic mass is 16.5. The number of ether oxygens (including phenoxy) is 1. The Morgan fingerprint density at radius 1 is 1.22 bits per heavy atom. The summed E-state index contributed by atoms with van der Waals surface area (Å²) < 4.78 is 11.0. The lowest BCUT2D eigenvalue weighted by Gasteiger charge is -2.48. The zero-order valence-corrected chi connectivity index (χ0v) is 17.1. The molecule has 0 bridgehead atoms. The summed E-state index contributed by atoms with van der Waals surface area (Å²) in [6.45, 7) is 9.49. The maximum Gasteiger partial charge on any atom is 0.191 e. The van der Waals surface area contributed by atoms with Gasteiger partial charge in [0, 0.05) is 38.3 Å². The standard InChI is InChI=1S/C20H35N5O2/c1-16(2)18-13-17(27-24-18)14-22-19(21-3)23-15-20(7-5-4-6-8-20)25-9-11-26-12-10-25/h13,16H,4-12,14-15H2,1-3H3,(H2,21,22,23). The average Bonchev–Trinajstić information content (AvgIpc) is 3.19. The molecule has 1 saturated carbocycles. The van der Waals surface area contributed by atoms with Gasteiger partial charge in [0.1, 0.15) is 0 Å². The largest absolute Gasteiger partial charge is 0.379 e. The fraction of sp³-hybridized carbons (Fsp3) is 0.800. The molecule has 1 aromatic rings. The van der Waals surface area contributed by atoms with Crippen LogP contribution in [0.15, 0.2) is 15.6 Å². The first-order valence-electron chi connectivity index (χ1n) is 10.4. The summed E-state index contributed by atoms with van der Waals surface area (Å²) in [5.41, 5.74) is 1.21. The first-order valence-corrected chi connectivity index (χ1v) is 10.4. The van der Waals surface area contributed by atoms with Crippen molar-refractivity contribution >= 4 is 5.96 Å². The van der Waals surface area contributed by atoms with Gasteiger partial charge in [0.25, 0.3) is 0 Å². The van der Waals surface area contributed by atoms with Crippen molar-refractivity contribution in [3.05, 3.63) is 17.5 Å². The molecular weight excluding hydrogens is 342 g/mol. The van der Waals surface area contributed by atoms with Gasteiger partial charge in [-0.15, -0.1) is 0 Å². The lowest BCUT2D eigenvalue weighted by atomic mass is 9.80. The van der Waals surface area contributed by atoms with Crippen molar-refractivity contribution in [2.75, 3.05) is 39.9 Å². The molecule has 1 saturated heterocycles. The van der Waals surface area contributed by atoms with Crippen molar-refractivity contribution in [1.29, 1.82) is 0 Å². The van der Waals surface area contributed by atoms with E-state index in [0.29, 0.717) is 12.5 Å². The number of nitrogens with zero attached hydrogens (tertiary/aromatic N) is 3. The SMILES string of the molecule is CN=C(NCc1cc(C(C)C)no1)NCC1(N2CCOCC2)CCCCC1. The van der Waals surface area contributed by atoms with Gasteiger partial charge in [-0.3, -0.25) is 9.89 Å². The van der Waals surface area contributed by atoms with Crippen LogP contribution in [-0.4, -0.2) is 61.5 Å². The van der Waals surface area contributed by atoms with Gasteiger partial charge in [0.2, 0.25) is 0 Å². The van der Waals surface area contributed by atoms with Gasteiger partial charge < -0.3 is 19.9 Å². The van der Waals surface area contributed by atoms with Crippen molar-refractivity contribution in [3.8, 4) is 0 Å². The number of guanidine groups is 1. The lowest BCUT2D eigenvalue weighted by Crippen LogP contribution is -2.60. The van der Waals surface area contributed by atoms with E-state index in [9.17, 15) is 0 Å². The number of aliphatic imine (C=N–C) groups is 1. The highest BCUT2D eigenvalue weighted by Gasteiger charge is 2.38. The van der Waals surface area contributed by atoms with Crippen LogP contribution in [0.2, 0.25) is 0 Å². The number of hydrogen-bond donors (Lipinski definition) is 2. The highest BCUT2D eigenvalue weighted by Crippen LogP contribution is 2.33. The molecular formula is C20H35N5O2. The predicted octanol–water partition coefficient (Wildman–Crippen LogP) is 2.50. The summed E-state index contributed by atoms with van der Waals surface area (Å²) in [7, 11) is 1.82. The van der Waals surface area contributed by atoms with E-state index < -0.39 is 0 Å². The van der Waals surface area contributed by atoms with Gasteiger partial charge in [0.15, 0.2) is 11.7 Å². The number of aromatic nitrogens is 1. The maximum absolute atomic E-state index is 5.57. The fourth-order valence-electron chi connectivity index (χ4n) is 4.18. The molecule has 0 radical (unpaired) electrons. The second-order valence-corrected chi connectivity index (χ2v) is 8.04. The molecule has 2 fully saturated rings. The van der Waals surface area contributed by atoms with Gasteiger partial charge in [-0.25, -0.2) is 0 Å². The first kappa shape index (κ1) is 20.1. The third-order valence-corrected chi connectivity index (χ3v) is 5.87. The van der Waals surface area contributed by atoms with E-state index in [1.165, 1.54) is 32.1 Å². The third-order valence-electron chi connectivity index (χ3n) is 5.87. The number of nitrogens with one attached hydrogen (secondary N) is 2. The van der Waals surface area contributed by atoms with Crippen molar-refractivity contribution in [2.45, 2.75) is 64.0 Å². The van der Waals surface area contributed by atoms with Crippen molar-refractivity contribution < 1.29 is 9.26 Å². The topological polar surface area (TPSA) is 74.9 Å². The van der Waals surface area contributed by atoms with E-state index in [-0.39, 0.29) is 5.54 Å². The molecule has 0 spiro atoms. The Morgan fingerprint density at radius 2 is 1.96 bits per heavy atom. The Morgan fingerprint density at radius 3 is 2.59 bits per heavy atom. The van der Waals surface area contributed by atoms with Crippen LogP contribution >= 0.6 is 0 Å². The van der Waals surface area contributed by atoms with Crippen molar-refractivity contribution in [3.63, 3.8) is 0 Å². The molecule has 1 aliphatic heterocycles. The molecule has 0 amide bonds. The lowest BCUT2D eigenvalue weighted by molar-refractivity contribution is -0.0352. The Bertz CT molecular complexity index is 601. The van der Waals surface area contributed by atoms with Gasteiger partial charge in [-0.1, -0.05) is 38.3 Å². The van der Waals surface area contributed by atoms with E-state index in [1.807, 2.05) is 13.1 Å². The van der Waals surface area contributed by atoms with E-state index >= 15 is 0 Å². The third kappa shape index (κ3) is 5.23. The Hall–Kier alpha value is -1.60. The van der Waals surface area contributed by atoms with E-state index in [2.05, 4.69) is 39.5 Å². The van der Waals surface area contributed by atoms with Gasteiger partial charge in [0.05, 0.1) is 25.5 Å². The molecule has 1 aliphatic carbocycles. The van der Waals surface area contributed by atoms with E-state index in [1.54, 1.807) is 0 Å². The van der Waals surface area contributed by atoms with Crippen LogP contribution < -0.4 is 10.6 Å². The zero-order valence-electron chi connectivity index (χ0n) is 17.1. The summed E-state index contributed by atoms with van der Waals surface area (Å²) in [5.74, 6) is 2.03. The monoisotopic (exact) mass is 377 g/mol. The second-order valence-electron chi connectivity index (χ2n) is 8.04.